The quantitative estimate of drug-likeness (QED) is 0.810. The maximum Gasteiger partial charge on any atom is 0.232 e. The van der Waals surface area contributed by atoms with Crippen LogP contribution in [-0.2, 0) is 10.0 Å². The van der Waals surface area contributed by atoms with Crippen molar-refractivity contribution in [1.82, 2.24) is 0 Å². The third-order valence-electron chi connectivity index (χ3n) is 1.89. The zero-order chi connectivity index (χ0) is 11.3. The lowest BCUT2D eigenvalue weighted by Gasteiger charge is -2.07. The Labute approximate surface area is 90.0 Å². The molecule has 0 bridgehead atoms. The van der Waals surface area contributed by atoms with Crippen LogP contribution in [0.1, 0.15) is 19.8 Å². The molecule has 0 unspecified atom stereocenters. The highest BCUT2D eigenvalue weighted by Crippen LogP contribution is 2.16. The molecule has 0 aliphatic rings. The molecule has 84 valence electrons. The third-order valence-corrected chi connectivity index (χ3v) is 3.26. The topological polar surface area (TPSA) is 66.4 Å². The van der Waals surface area contributed by atoms with Crippen molar-refractivity contribution in [3.63, 3.8) is 0 Å². The molecule has 0 aromatic heterocycles. The molecule has 2 N–H and O–H groups in total. The minimum Gasteiger partial charge on any atom is -0.508 e. The molecular weight excluding hydrogens is 214 g/mol. The molecule has 0 saturated heterocycles. The van der Waals surface area contributed by atoms with Gasteiger partial charge in [-0.25, -0.2) is 8.42 Å². The first kappa shape index (κ1) is 11.8. The second-order valence-corrected chi connectivity index (χ2v) is 5.17. The second kappa shape index (κ2) is 5.02. The molecule has 4 nitrogen and oxygen atoms in total. The summed E-state index contributed by atoms with van der Waals surface area (Å²) in [7, 11) is -3.27. The lowest BCUT2D eigenvalue weighted by Crippen LogP contribution is -2.16. The van der Waals surface area contributed by atoms with Gasteiger partial charge in [0.15, 0.2) is 0 Å². The van der Waals surface area contributed by atoms with E-state index in [1.807, 2.05) is 6.92 Å². The van der Waals surface area contributed by atoms with Crippen molar-refractivity contribution in [1.29, 1.82) is 0 Å². The predicted molar refractivity (Wildman–Crippen MR) is 60.4 cm³/mol. The van der Waals surface area contributed by atoms with Crippen LogP contribution >= 0.6 is 0 Å². The molecule has 0 radical (unpaired) electrons. The number of hydrogen-bond acceptors (Lipinski definition) is 3. The van der Waals surface area contributed by atoms with Crippen molar-refractivity contribution in [2.75, 3.05) is 10.5 Å². The van der Waals surface area contributed by atoms with Crippen LogP contribution in [0.4, 0.5) is 5.69 Å². The minimum absolute atomic E-state index is 0.0469. The van der Waals surface area contributed by atoms with Crippen molar-refractivity contribution in [2.45, 2.75) is 19.8 Å². The van der Waals surface area contributed by atoms with Crippen LogP contribution in [0.2, 0.25) is 0 Å². The number of phenols is 1. The van der Waals surface area contributed by atoms with E-state index in [4.69, 9.17) is 5.11 Å². The summed E-state index contributed by atoms with van der Waals surface area (Å²) in [6.45, 7) is 1.93. The molecule has 0 amide bonds. The molecule has 1 aromatic carbocycles. The molecule has 0 spiro atoms. The van der Waals surface area contributed by atoms with Crippen LogP contribution in [0.15, 0.2) is 24.3 Å². The Morgan fingerprint density at radius 3 is 2.73 bits per heavy atom. The Hall–Kier alpha value is -1.23. The smallest absolute Gasteiger partial charge is 0.232 e. The molecule has 0 fully saturated rings. The van der Waals surface area contributed by atoms with E-state index in [9.17, 15) is 8.42 Å². The first-order valence-electron chi connectivity index (χ1n) is 4.83. The summed E-state index contributed by atoms with van der Waals surface area (Å²) in [5.74, 6) is 0.157. The number of benzene rings is 1. The van der Waals surface area contributed by atoms with Gasteiger partial charge in [-0.15, -0.1) is 0 Å². The van der Waals surface area contributed by atoms with Gasteiger partial charge in [-0.1, -0.05) is 19.4 Å². The van der Waals surface area contributed by atoms with Gasteiger partial charge in [-0.05, 0) is 18.6 Å². The summed E-state index contributed by atoms with van der Waals surface area (Å²) in [6.07, 6.45) is 1.47. The SMILES string of the molecule is CCCCS(=O)(=O)Nc1cccc(O)c1. The van der Waals surface area contributed by atoms with E-state index >= 15 is 0 Å². The highest BCUT2D eigenvalue weighted by Gasteiger charge is 2.09. The summed E-state index contributed by atoms with van der Waals surface area (Å²) >= 11 is 0. The molecule has 1 rings (SSSR count). The molecule has 0 atom stereocenters. The standard InChI is InChI=1S/C10H15NO3S/c1-2-3-7-15(13,14)11-9-5-4-6-10(12)8-9/h4-6,8,11-12H,2-3,7H2,1H3. The number of rotatable bonds is 5. The summed E-state index contributed by atoms with van der Waals surface area (Å²) in [5, 5.41) is 9.15. The summed E-state index contributed by atoms with van der Waals surface area (Å²) in [4.78, 5) is 0. The fourth-order valence-electron chi connectivity index (χ4n) is 1.13. The number of anilines is 1. The lowest BCUT2D eigenvalue weighted by atomic mass is 10.3. The highest BCUT2D eigenvalue weighted by molar-refractivity contribution is 7.92. The van der Waals surface area contributed by atoms with E-state index in [1.54, 1.807) is 12.1 Å². The van der Waals surface area contributed by atoms with Gasteiger partial charge in [0, 0.05) is 6.07 Å². The maximum atomic E-state index is 11.5. The molecule has 5 heteroatoms. The van der Waals surface area contributed by atoms with Gasteiger partial charge >= 0.3 is 0 Å². The number of hydrogen-bond donors (Lipinski definition) is 2. The van der Waals surface area contributed by atoms with E-state index < -0.39 is 10.0 Å². The maximum absolute atomic E-state index is 11.5. The predicted octanol–water partition coefficient (Wildman–Crippen LogP) is 1.93. The number of nitrogens with one attached hydrogen (secondary N) is 1. The first-order chi connectivity index (χ1) is 7.03. The Morgan fingerprint density at radius 1 is 1.40 bits per heavy atom. The molecule has 15 heavy (non-hydrogen) atoms. The Balaban J connectivity index is 2.69. The van der Waals surface area contributed by atoms with Crippen molar-refractivity contribution in [3.8, 4) is 5.75 Å². The fourth-order valence-corrected chi connectivity index (χ4v) is 2.39. The number of aromatic hydroxyl groups is 1. The van der Waals surface area contributed by atoms with Gasteiger partial charge in [0.25, 0.3) is 0 Å². The van der Waals surface area contributed by atoms with Crippen LogP contribution < -0.4 is 4.72 Å². The van der Waals surface area contributed by atoms with Crippen molar-refractivity contribution < 1.29 is 13.5 Å². The van der Waals surface area contributed by atoms with Crippen LogP contribution in [0.5, 0.6) is 5.75 Å². The van der Waals surface area contributed by atoms with Crippen molar-refractivity contribution >= 4 is 15.7 Å². The largest absolute Gasteiger partial charge is 0.508 e. The third kappa shape index (κ3) is 4.20. The van der Waals surface area contributed by atoms with Gasteiger partial charge in [0.05, 0.1) is 11.4 Å². The van der Waals surface area contributed by atoms with E-state index in [-0.39, 0.29) is 11.5 Å². The zero-order valence-electron chi connectivity index (χ0n) is 8.60. The Kier molecular flexibility index (Phi) is 3.96. The fraction of sp³-hybridized carbons (Fsp3) is 0.400. The van der Waals surface area contributed by atoms with E-state index in [1.165, 1.54) is 12.1 Å². The second-order valence-electron chi connectivity index (χ2n) is 3.32. The number of phenolic OH excluding ortho intramolecular Hbond substituents is 1. The van der Waals surface area contributed by atoms with Crippen molar-refractivity contribution in [3.05, 3.63) is 24.3 Å². The molecule has 1 aromatic rings. The van der Waals surface area contributed by atoms with E-state index in [0.29, 0.717) is 12.1 Å². The van der Waals surface area contributed by atoms with Crippen LogP contribution in [0.25, 0.3) is 0 Å². The molecule has 0 saturated carbocycles. The van der Waals surface area contributed by atoms with Gasteiger partial charge in [-0.2, -0.15) is 0 Å². The minimum atomic E-state index is -3.27. The normalized spacial score (nSPS) is 11.3. The number of sulfonamides is 1. The molecular formula is C10H15NO3S. The van der Waals surface area contributed by atoms with Crippen LogP contribution in [0, 0.1) is 0 Å². The monoisotopic (exact) mass is 229 g/mol. The van der Waals surface area contributed by atoms with Crippen LogP contribution in [0.3, 0.4) is 0 Å². The molecule has 0 aliphatic carbocycles. The summed E-state index contributed by atoms with van der Waals surface area (Å²) in [6, 6.07) is 6.06. The molecule has 0 aliphatic heterocycles. The Bertz CT molecular complexity index is 414. The van der Waals surface area contributed by atoms with Gasteiger partial charge in [0.1, 0.15) is 5.75 Å². The van der Waals surface area contributed by atoms with Gasteiger partial charge < -0.3 is 5.11 Å². The summed E-state index contributed by atoms with van der Waals surface area (Å²) < 4.78 is 25.4. The molecule has 0 heterocycles. The van der Waals surface area contributed by atoms with Gasteiger partial charge in [-0.3, -0.25) is 4.72 Å². The first-order valence-corrected chi connectivity index (χ1v) is 6.48. The van der Waals surface area contributed by atoms with Crippen molar-refractivity contribution in [2.24, 2.45) is 0 Å². The van der Waals surface area contributed by atoms with Crippen LogP contribution in [-0.4, -0.2) is 19.3 Å². The van der Waals surface area contributed by atoms with E-state index in [2.05, 4.69) is 4.72 Å². The number of unbranched alkanes of at least 4 members (excludes halogenated alkanes) is 1. The average molecular weight is 229 g/mol. The zero-order valence-corrected chi connectivity index (χ0v) is 9.42. The average Bonchev–Trinajstić information content (AvgIpc) is 2.14. The summed E-state index contributed by atoms with van der Waals surface area (Å²) in [5.41, 5.74) is 0.395. The van der Waals surface area contributed by atoms with Gasteiger partial charge in [0.2, 0.25) is 10.0 Å². The highest BCUT2D eigenvalue weighted by atomic mass is 32.2. The Morgan fingerprint density at radius 2 is 2.13 bits per heavy atom. The van der Waals surface area contributed by atoms with E-state index in [0.717, 1.165) is 6.42 Å². The lowest BCUT2D eigenvalue weighted by molar-refractivity contribution is 0.475.